The lowest BCUT2D eigenvalue weighted by Crippen LogP contribution is -2.77. The third kappa shape index (κ3) is 2.79. The van der Waals surface area contributed by atoms with E-state index in [1.807, 2.05) is 6.07 Å². The molecule has 26 heavy (non-hydrogen) atoms. The van der Waals surface area contributed by atoms with Gasteiger partial charge < -0.3 is 5.32 Å². The highest BCUT2D eigenvalue weighted by molar-refractivity contribution is 5.93. The Morgan fingerprint density at radius 3 is 2.73 bits per heavy atom. The standard InChI is InChI=1S/C19H26N4O3/c1-3-15-5-16-14(4-13(6-20-16)17(25)22-26)7-23(15)11-18-8-19(9-18,10-18)21-12(2)24/h4,6,15,26H,3,5,7-11H2,1-2H3,(H,21,24)(H,22,25)/t15-,18?,19?/m1/s1. The molecule has 0 saturated heterocycles. The van der Waals surface area contributed by atoms with E-state index in [4.69, 9.17) is 5.21 Å². The van der Waals surface area contributed by atoms with Crippen molar-refractivity contribution in [3.05, 3.63) is 29.1 Å². The van der Waals surface area contributed by atoms with Gasteiger partial charge in [0.15, 0.2) is 0 Å². The van der Waals surface area contributed by atoms with Gasteiger partial charge >= 0.3 is 0 Å². The fourth-order valence-corrected chi connectivity index (χ4v) is 5.44. The smallest absolute Gasteiger partial charge is 0.276 e. The molecular formula is C19H26N4O3. The van der Waals surface area contributed by atoms with Crippen LogP contribution in [0.5, 0.6) is 0 Å². The van der Waals surface area contributed by atoms with Crippen molar-refractivity contribution >= 4 is 11.8 Å². The van der Waals surface area contributed by atoms with Crippen molar-refractivity contribution in [3.8, 4) is 0 Å². The second-order valence-corrected chi connectivity index (χ2v) is 8.43. The van der Waals surface area contributed by atoms with Crippen LogP contribution in [0.4, 0.5) is 0 Å². The van der Waals surface area contributed by atoms with Crippen LogP contribution in [0.2, 0.25) is 0 Å². The lowest BCUT2D eigenvalue weighted by atomic mass is 9.39. The Bertz CT molecular complexity index is 743. The molecule has 2 amide bonds. The average Bonchev–Trinajstić information content (AvgIpc) is 2.56. The summed E-state index contributed by atoms with van der Waals surface area (Å²) >= 11 is 0. The minimum absolute atomic E-state index is 0.0647. The van der Waals surface area contributed by atoms with Crippen LogP contribution in [0, 0.1) is 5.41 Å². The monoisotopic (exact) mass is 358 g/mol. The number of nitrogens with zero attached hydrogens (tertiary/aromatic N) is 2. The second-order valence-electron chi connectivity index (χ2n) is 8.43. The van der Waals surface area contributed by atoms with E-state index >= 15 is 0 Å². The van der Waals surface area contributed by atoms with Crippen LogP contribution in [0.15, 0.2) is 12.3 Å². The molecule has 140 valence electrons. The number of aromatic nitrogens is 1. The number of hydrogen-bond acceptors (Lipinski definition) is 5. The highest BCUT2D eigenvalue weighted by Gasteiger charge is 2.68. The molecule has 0 spiro atoms. The molecule has 2 heterocycles. The molecule has 3 aliphatic carbocycles. The first kappa shape index (κ1) is 17.4. The van der Waals surface area contributed by atoms with Gasteiger partial charge in [-0.05, 0) is 42.7 Å². The van der Waals surface area contributed by atoms with Gasteiger partial charge in [0, 0.05) is 49.9 Å². The number of hydrogen-bond donors (Lipinski definition) is 3. The lowest BCUT2D eigenvalue weighted by Gasteiger charge is -2.72. The van der Waals surface area contributed by atoms with E-state index in [1.54, 1.807) is 12.4 Å². The molecule has 1 aliphatic heterocycles. The predicted octanol–water partition coefficient (Wildman–Crippen LogP) is 1.40. The molecule has 3 N–H and O–H groups in total. The third-order valence-corrected chi connectivity index (χ3v) is 6.33. The summed E-state index contributed by atoms with van der Waals surface area (Å²) in [6, 6.07) is 2.30. The number of pyridine rings is 1. The molecule has 1 aromatic rings. The number of nitrogens with one attached hydrogen (secondary N) is 2. The zero-order chi connectivity index (χ0) is 18.5. The maximum absolute atomic E-state index is 11.7. The van der Waals surface area contributed by atoms with Crippen LogP contribution in [-0.4, -0.2) is 45.0 Å². The van der Waals surface area contributed by atoms with E-state index in [-0.39, 0.29) is 11.4 Å². The van der Waals surface area contributed by atoms with Crippen molar-refractivity contribution < 1.29 is 14.8 Å². The van der Waals surface area contributed by atoms with Gasteiger partial charge in [-0.15, -0.1) is 0 Å². The molecular weight excluding hydrogens is 332 g/mol. The highest BCUT2D eigenvalue weighted by atomic mass is 16.5. The van der Waals surface area contributed by atoms with Gasteiger partial charge in [-0.1, -0.05) is 6.92 Å². The zero-order valence-electron chi connectivity index (χ0n) is 15.3. The van der Waals surface area contributed by atoms with Crippen molar-refractivity contribution in [2.45, 2.75) is 64.1 Å². The van der Waals surface area contributed by atoms with Crippen LogP contribution in [-0.2, 0) is 17.8 Å². The number of carbonyl (C=O) groups excluding carboxylic acids is 2. The van der Waals surface area contributed by atoms with Crippen LogP contribution in [0.1, 0.15) is 61.1 Å². The average molecular weight is 358 g/mol. The van der Waals surface area contributed by atoms with Gasteiger partial charge in [0.25, 0.3) is 5.91 Å². The highest BCUT2D eigenvalue weighted by Crippen LogP contribution is 2.67. The minimum atomic E-state index is -0.527. The fraction of sp³-hybridized carbons (Fsp3) is 0.632. The van der Waals surface area contributed by atoms with E-state index in [0.29, 0.717) is 17.0 Å². The first-order valence-electron chi connectivity index (χ1n) is 9.33. The summed E-state index contributed by atoms with van der Waals surface area (Å²) < 4.78 is 0. The Morgan fingerprint density at radius 2 is 2.12 bits per heavy atom. The van der Waals surface area contributed by atoms with Gasteiger partial charge in [-0.3, -0.25) is 24.7 Å². The molecule has 3 fully saturated rings. The van der Waals surface area contributed by atoms with Crippen molar-refractivity contribution in [3.63, 3.8) is 0 Å². The minimum Gasteiger partial charge on any atom is -0.351 e. The molecule has 7 nitrogen and oxygen atoms in total. The van der Waals surface area contributed by atoms with Crippen molar-refractivity contribution in [1.82, 2.24) is 20.7 Å². The summed E-state index contributed by atoms with van der Waals surface area (Å²) in [5.74, 6) is -0.460. The molecule has 1 aromatic heterocycles. The van der Waals surface area contributed by atoms with Crippen LogP contribution >= 0.6 is 0 Å². The Balaban J connectivity index is 1.46. The Morgan fingerprint density at radius 1 is 1.38 bits per heavy atom. The van der Waals surface area contributed by atoms with Crippen molar-refractivity contribution in [1.29, 1.82) is 0 Å². The number of rotatable bonds is 5. The first-order chi connectivity index (χ1) is 12.4. The molecule has 1 atom stereocenters. The quantitative estimate of drug-likeness (QED) is 0.546. The summed E-state index contributed by atoms with van der Waals surface area (Å²) in [6.07, 6.45) is 6.71. The van der Waals surface area contributed by atoms with Crippen LogP contribution in [0.25, 0.3) is 0 Å². The molecule has 0 aromatic carbocycles. The Hall–Kier alpha value is -1.99. The molecule has 7 heteroatoms. The maximum atomic E-state index is 11.7. The molecule has 3 saturated carbocycles. The van der Waals surface area contributed by atoms with Crippen LogP contribution in [0.3, 0.4) is 0 Å². The van der Waals surface area contributed by atoms with Gasteiger partial charge in [-0.2, -0.15) is 0 Å². The lowest BCUT2D eigenvalue weighted by molar-refractivity contribution is -0.177. The number of hydroxylamine groups is 1. The molecule has 0 radical (unpaired) electrons. The number of amides is 2. The predicted molar refractivity (Wildman–Crippen MR) is 94.5 cm³/mol. The van der Waals surface area contributed by atoms with Gasteiger partial charge in [-0.25, -0.2) is 5.48 Å². The number of carbonyl (C=O) groups is 2. The topological polar surface area (TPSA) is 94.6 Å². The SMILES string of the molecule is CC[C@@H]1Cc2ncc(C(=O)NO)cc2CN1CC12CC(NC(C)=O)(C1)C2. The Labute approximate surface area is 153 Å². The zero-order valence-corrected chi connectivity index (χ0v) is 15.3. The van der Waals surface area contributed by atoms with E-state index in [1.165, 1.54) is 6.20 Å². The van der Waals surface area contributed by atoms with Gasteiger partial charge in [0.05, 0.1) is 5.56 Å². The van der Waals surface area contributed by atoms with Gasteiger partial charge in [0.2, 0.25) is 5.91 Å². The second kappa shape index (κ2) is 6.03. The van der Waals surface area contributed by atoms with E-state index < -0.39 is 5.91 Å². The normalized spacial score (nSPS) is 32.0. The molecule has 0 unspecified atom stereocenters. The first-order valence-corrected chi connectivity index (χ1v) is 9.33. The summed E-state index contributed by atoms with van der Waals surface area (Å²) in [7, 11) is 0. The number of fused-ring (bicyclic) bond motifs is 1. The largest absolute Gasteiger partial charge is 0.351 e. The summed E-state index contributed by atoms with van der Waals surface area (Å²) in [5, 5.41) is 12.0. The van der Waals surface area contributed by atoms with Crippen LogP contribution < -0.4 is 10.8 Å². The maximum Gasteiger partial charge on any atom is 0.276 e. The summed E-state index contributed by atoms with van der Waals surface area (Å²) in [5.41, 5.74) is 4.58. The molecule has 5 rings (SSSR count). The van der Waals surface area contributed by atoms with E-state index in [0.717, 1.165) is 56.5 Å². The van der Waals surface area contributed by atoms with Crippen molar-refractivity contribution in [2.75, 3.05) is 6.54 Å². The van der Waals surface area contributed by atoms with Gasteiger partial charge in [0.1, 0.15) is 0 Å². The summed E-state index contributed by atoms with van der Waals surface area (Å²) in [4.78, 5) is 30.0. The Kier molecular flexibility index (Phi) is 4.04. The molecule has 2 bridgehead atoms. The summed E-state index contributed by atoms with van der Waals surface area (Å²) in [6.45, 7) is 5.61. The van der Waals surface area contributed by atoms with Crippen molar-refractivity contribution in [2.24, 2.45) is 5.41 Å². The van der Waals surface area contributed by atoms with E-state index in [2.05, 4.69) is 22.1 Å². The third-order valence-electron chi connectivity index (χ3n) is 6.33. The van der Waals surface area contributed by atoms with E-state index in [9.17, 15) is 9.59 Å². The molecule has 4 aliphatic rings. The fourth-order valence-electron chi connectivity index (χ4n) is 5.44.